The Morgan fingerprint density at radius 3 is 2.64 bits per heavy atom. The van der Waals surface area contributed by atoms with E-state index in [-0.39, 0.29) is 28.9 Å². The molecule has 0 amide bonds. The normalized spacial score (nSPS) is 17.5. The van der Waals surface area contributed by atoms with Crippen LogP contribution in [0.15, 0.2) is 41.0 Å². The van der Waals surface area contributed by atoms with Gasteiger partial charge in [-0.05, 0) is 18.4 Å². The fraction of sp³-hybridized carbons (Fsp3) is 0.188. The number of hydrogen-bond acceptors (Lipinski definition) is 6. The smallest absolute Gasteiger partial charge is 0.347 e. The van der Waals surface area contributed by atoms with Gasteiger partial charge in [0.25, 0.3) is 0 Å². The third-order valence-electron chi connectivity index (χ3n) is 3.73. The number of aryl methyl sites for hydroxylation is 1. The summed E-state index contributed by atoms with van der Waals surface area (Å²) in [7, 11) is 1.13. The molecular formula is C16H12O6. The second-order valence-corrected chi connectivity index (χ2v) is 4.90. The number of fused-ring (bicyclic) bond motifs is 1. The molecular weight excluding hydrogens is 288 g/mol. The van der Waals surface area contributed by atoms with Crippen LogP contribution in [0.2, 0.25) is 0 Å². The lowest BCUT2D eigenvalue weighted by molar-refractivity contribution is -0.151. The molecule has 22 heavy (non-hydrogen) atoms. The number of aliphatic hydroxyl groups excluding tert-OH is 1. The zero-order valence-corrected chi connectivity index (χ0v) is 11.7. The van der Waals surface area contributed by atoms with Crippen LogP contribution in [0.1, 0.15) is 17.5 Å². The zero-order chi connectivity index (χ0) is 15.9. The Morgan fingerprint density at radius 2 is 1.91 bits per heavy atom. The second kappa shape index (κ2) is 5.14. The lowest BCUT2D eigenvalue weighted by atomic mass is 9.88. The summed E-state index contributed by atoms with van der Waals surface area (Å²) in [5.74, 6) is -3.01. The first-order valence-electron chi connectivity index (χ1n) is 6.64. The Hall–Kier alpha value is -2.89. The molecule has 1 heterocycles. The summed E-state index contributed by atoms with van der Waals surface area (Å²) in [6.07, 6.45) is 0.681. The van der Waals surface area contributed by atoms with Gasteiger partial charge in [-0.25, -0.2) is 14.4 Å². The molecule has 0 saturated heterocycles. The third kappa shape index (κ3) is 2.00. The SMILES string of the molecule is COC(=O)C1=C(O)c2ccccc2CCC2=C1C(=O)OC2=O. The standard InChI is InChI=1S/C16H12O6/c1-21-15(19)12-11-10(14(18)22-16(11)20)7-6-8-4-2-3-5-9(8)13(12)17/h2-5,17H,6-7H2,1H3. The number of benzene rings is 1. The molecule has 6 nitrogen and oxygen atoms in total. The maximum atomic E-state index is 12.1. The van der Waals surface area contributed by atoms with Crippen molar-refractivity contribution in [2.24, 2.45) is 0 Å². The van der Waals surface area contributed by atoms with Crippen molar-refractivity contribution in [3.8, 4) is 0 Å². The summed E-state index contributed by atoms with van der Waals surface area (Å²) in [6.45, 7) is 0. The molecule has 6 heteroatoms. The lowest BCUT2D eigenvalue weighted by Crippen LogP contribution is -2.16. The van der Waals surface area contributed by atoms with E-state index >= 15 is 0 Å². The zero-order valence-electron chi connectivity index (χ0n) is 11.7. The van der Waals surface area contributed by atoms with Crippen LogP contribution in [0.4, 0.5) is 0 Å². The molecule has 1 aliphatic carbocycles. The van der Waals surface area contributed by atoms with E-state index in [1.54, 1.807) is 24.3 Å². The van der Waals surface area contributed by atoms with Gasteiger partial charge in [0.1, 0.15) is 11.3 Å². The van der Waals surface area contributed by atoms with Crippen molar-refractivity contribution in [2.45, 2.75) is 12.8 Å². The molecule has 0 bridgehead atoms. The molecule has 0 unspecified atom stereocenters. The van der Waals surface area contributed by atoms with E-state index in [9.17, 15) is 19.5 Å². The predicted octanol–water partition coefficient (Wildman–Crippen LogP) is 1.45. The van der Waals surface area contributed by atoms with Crippen molar-refractivity contribution < 1.29 is 29.0 Å². The summed E-state index contributed by atoms with van der Waals surface area (Å²) in [4.78, 5) is 35.8. The van der Waals surface area contributed by atoms with Gasteiger partial charge in [0.2, 0.25) is 0 Å². The number of carbonyl (C=O) groups is 3. The van der Waals surface area contributed by atoms with Crippen LogP contribution < -0.4 is 0 Å². The van der Waals surface area contributed by atoms with E-state index in [4.69, 9.17) is 0 Å². The van der Waals surface area contributed by atoms with Crippen LogP contribution in [0.3, 0.4) is 0 Å². The Balaban J connectivity index is 2.33. The van der Waals surface area contributed by atoms with Crippen LogP contribution >= 0.6 is 0 Å². The number of hydrogen-bond donors (Lipinski definition) is 1. The highest BCUT2D eigenvalue weighted by atomic mass is 16.6. The van der Waals surface area contributed by atoms with Gasteiger partial charge in [-0.2, -0.15) is 0 Å². The molecule has 1 aromatic carbocycles. The molecule has 112 valence electrons. The number of aliphatic hydroxyl groups is 1. The molecule has 0 saturated carbocycles. The second-order valence-electron chi connectivity index (χ2n) is 4.90. The average Bonchev–Trinajstić information content (AvgIpc) is 2.78. The Kier molecular flexibility index (Phi) is 3.29. The molecule has 1 aliphatic heterocycles. The van der Waals surface area contributed by atoms with Crippen molar-refractivity contribution in [3.05, 3.63) is 52.1 Å². The first-order chi connectivity index (χ1) is 10.5. The van der Waals surface area contributed by atoms with E-state index in [0.717, 1.165) is 12.7 Å². The summed E-state index contributed by atoms with van der Waals surface area (Å²) < 4.78 is 9.24. The van der Waals surface area contributed by atoms with Crippen molar-refractivity contribution in [1.29, 1.82) is 0 Å². The fourth-order valence-electron chi connectivity index (χ4n) is 2.68. The monoisotopic (exact) mass is 300 g/mol. The summed E-state index contributed by atoms with van der Waals surface area (Å²) >= 11 is 0. The highest BCUT2D eigenvalue weighted by Crippen LogP contribution is 2.35. The molecule has 0 spiro atoms. The molecule has 2 aliphatic rings. The average molecular weight is 300 g/mol. The van der Waals surface area contributed by atoms with Crippen LogP contribution in [-0.2, 0) is 30.3 Å². The van der Waals surface area contributed by atoms with Crippen LogP contribution in [0, 0.1) is 0 Å². The van der Waals surface area contributed by atoms with Gasteiger partial charge < -0.3 is 14.6 Å². The van der Waals surface area contributed by atoms with E-state index in [1.165, 1.54) is 0 Å². The minimum Gasteiger partial charge on any atom is -0.506 e. The molecule has 3 rings (SSSR count). The van der Waals surface area contributed by atoms with Gasteiger partial charge in [0.15, 0.2) is 0 Å². The van der Waals surface area contributed by atoms with Crippen molar-refractivity contribution in [2.75, 3.05) is 7.11 Å². The van der Waals surface area contributed by atoms with Crippen molar-refractivity contribution >= 4 is 23.7 Å². The van der Waals surface area contributed by atoms with Gasteiger partial charge in [-0.15, -0.1) is 0 Å². The fourth-order valence-corrected chi connectivity index (χ4v) is 2.68. The van der Waals surface area contributed by atoms with Gasteiger partial charge in [-0.3, -0.25) is 0 Å². The van der Waals surface area contributed by atoms with Gasteiger partial charge in [-0.1, -0.05) is 24.3 Å². The van der Waals surface area contributed by atoms with Crippen molar-refractivity contribution in [1.82, 2.24) is 0 Å². The summed E-state index contributed by atoms with van der Waals surface area (Å²) in [5, 5.41) is 10.5. The number of cyclic esters (lactones) is 2. The van der Waals surface area contributed by atoms with Gasteiger partial charge >= 0.3 is 17.9 Å². The molecule has 1 N–H and O–H groups in total. The topological polar surface area (TPSA) is 89.9 Å². The minimum absolute atomic E-state index is 0.0893. The van der Waals surface area contributed by atoms with Gasteiger partial charge in [0.05, 0.1) is 18.3 Å². The van der Waals surface area contributed by atoms with Crippen LogP contribution in [-0.4, -0.2) is 30.1 Å². The Morgan fingerprint density at radius 1 is 1.18 bits per heavy atom. The predicted molar refractivity (Wildman–Crippen MR) is 74.5 cm³/mol. The summed E-state index contributed by atoms with van der Waals surface area (Å²) in [6, 6.07) is 6.92. The highest BCUT2D eigenvalue weighted by Gasteiger charge is 2.40. The number of rotatable bonds is 1. The van der Waals surface area contributed by atoms with Crippen LogP contribution in [0.25, 0.3) is 5.76 Å². The summed E-state index contributed by atoms with van der Waals surface area (Å²) in [5.41, 5.74) is 0.748. The first kappa shape index (κ1) is 14.1. The number of ether oxygens (including phenoxy) is 2. The molecule has 0 atom stereocenters. The third-order valence-corrected chi connectivity index (χ3v) is 3.73. The maximum Gasteiger partial charge on any atom is 0.347 e. The van der Waals surface area contributed by atoms with E-state index in [0.29, 0.717) is 12.0 Å². The van der Waals surface area contributed by atoms with E-state index in [2.05, 4.69) is 9.47 Å². The minimum atomic E-state index is -0.939. The lowest BCUT2D eigenvalue weighted by Gasteiger charge is -2.16. The van der Waals surface area contributed by atoms with Crippen LogP contribution in [0.5, 0.6) is 0 Å². The Labute approximate surface area is 125 Å². The quantitative estimate of drug-likeness (QED) is 0.623. The Bertz CT molecular complexity index is 769. The first-order valence-corrected chi connectivity index (χ1v) is 6.64. The van der Waals surface area contributed by atoms with E-state index < -0.39 is 17.9 Å². The molecule has 0 radical (unpaired) electrons. The number of esters is 3. The molecule has 1 aromatic rings. The molecule has 0 aromatic heterocycles. The number of carbonyl (C=O) groups excluding carboxylic acids is 3. The molecule has 0 fully saturated rings. The van der Waals surface area contributed by atoms with E-state index in [1.807, 2.05) is 0 Å². The largest absolute Gasteiger partial charge is 0.506 e. The highest BCUT2D eigenvalue weighted by molar-refractivity contribution is 6.21. The van der Waals surface area contributed by atoms with Crippen molar-refractivity contribution in [3.63, 3.8) is 0 Å². The maximum absolute atomic E-state index is 12.1. The number of methoxy groups -OCH3 is 1. The van der Waals surface area contributed by atoms with Gasteiger partial charge in [0, 0.05) is 5.56 Å².